The van der Waals surface area contributed by atoms with E-state index in [-0.39, 0.29) is 27.9 Å². The van der Waals surface area contributed by atoms with Gasteiger partial charge in [0, 0.05) is 38.8 Å². The molecule has 1 saturated heterocycles. The van der Waals surface area contributed by atoms with Crippen LogP contribution in [-0.2, 0) is 23.5 Å². The number of likely N-dealkylation sites (N-methyl/N-ethyl adjacent to an activating group) is 1. The molecule has 0 bridgehead atoms. The van der Waals surface area contributed by atoms with Crippen LogP contribution >= 0.6 is 0 Å². The number of nitrogens with zero attached hydrogens (tertiary/aromatic N) is 6. The number of fused-ring (bicyclic) bond motifs is 1. The van der Waals surface area contributed by atoms with Crippen molar-refractivity contribution in [3.63, 3.8) is 0 Å². The van der Waals surface area contributed by atoms with E-state index in [1.807, 2.05) is 27.0 Å². The molecule has 13 nitrogen and oxygen atoms in total. The van der Waals surface area contributed by atoms with E-state index in [0.717, 1.165) is 12.1 Å². The van der Waals surface area contributed by atoms with Gasteiger partial charge in [0.15, 0.2) is 5.52 Å². The second-order valence-electron chi connectivity index (χ2n) is 11.7. The summed E-state index contributed by atoms with van der Waals surface area (Å²) in [5, 5.41) is 13.3. The van der Waals surface area contributed by atoms with E-state index in [1.54, 1.807) is 50.4 Å². The van der Waals surface area contributed by atoms with Gasteiger partial charge in [-0.25, -0.2) is 17.8 Å². The van der Waals surface area contributed by atoms with Gasteiger partial charge in [0.1, 0.15) is 34.8 Å². The van der Waals surface area contributed by atoms with Crippen LogP contribution < -0.4 is 16.0 Å². The summed E-state index contributed by atoms with van der Waals surface area (Å²) in [4.78, 5) is 25.5. The molecule has 4 N–H and O–H groups in total. The number of piperazine rings is 1. The highest BCUT2D eigenvalue weighted by Crippen LogP contribution is 2.33. The molecule has 5 aromatic rings. The van der Waals surface area contributed by atoms with Crippen LogP contribution in [0.5, 0.6) is 5.75 Å². The van der Waals surface area contributed by atoms with E-state index < -0.39 is 10.0 Å². The number of hydrogen-bond donors (Lipinski definition) is 3. The highest BCUT2D eigenvalue weighted by Gasteiger charge is 2.29. The van der Waals surface area contributed by atoms with Crippen molar-refractivity contribution in [2.24, 2.45) is 7.05 Å². The largest absolute Gasteiger partial charge is 0.493 e. The van der Waals surface area contributed by atoms with Gasteiger partial charge in [0.2, 0.25) is 10.0 Å². The molecule has 3 aromatic heterocycles. The molecule has 2 aromatic carbocycles. The molecule has 15 heteroatoms. The number of H-pyrrole nitrogens is 2. The number of rotatable bonds is 8. The first-order chi connectivity index (χ1) is 23.4. The first-order valence-corrected chi connectivity index (χ1v) is 17.4. The summed E-state index contributed by atoms with van der Waals surface area (Å²) in [6.07, 6.45) is 1.54. The average molecular weight is 690 g/mol. The molecule has 1 aliphatic heterocycles. The Kier molecular flexibility index (Phi) is 10.5. The van der Waals surface area contributed by atoms with Gasteiger partial charge in [-0.3, -0.25) is 9.48 Å². The number of nitrogens with one attached hydrogen (secondary N) is 2. The van der Waals surface area contributed by atoms with Gasteiger partial charge in [-0.1, -0.05) is 25.5 Å². The predicted molar refractivity (Wildman–Crippen MR) is 186 cm³/mol. The van der Waals surface area contributed by atoms with Crippen LogP contribution in [0.2, 0.25) is 0 Å². The highest BCUT2D eigenvalue weighted by molar-refractivity contribution is 7.89. The van der Waals surface area contributed by atoms with Gasteiger partial charge in [-0.15, -0.1) is 0 Å². The number of benzene rings is 2. The SMILES string of the molecule is CCCc1nn(C)c2c(=O)[nH]c(-c3cc(S(=O)(=O)N4CCN(C)CC4)ccc3OCC)nc12.Cc1c(-c2ccccc2F)[nH]c(N)c1C#N. The highest BCUT2D eigenvalue weighted by atomic mass is 32.2. The molecular weight excluding hydrogens is 649 g/mol. The number of halogens is 1. The number of aromatic amines is 2. The number of nitrogen functional groups attached to an aromatic ring is 1. The van der Waals surface area contributed by atoms with Crippen molar-refractivity contribution in [1.29, 1.82) is 5.26 Å². The smallest absolute Gasteiger partial charge is 0.277 e. The minimum Gasteiger partial charge on any atom is -0.493 e. The number of aryl methyl sites for hydroxylation is 2. The zero-order valence-electron chi connectivity index (χ0n) is 28.2. The maximum absolute atomic E-state index is 13.6. The lowest BCUT2D eigenvalue weighted by molar-refractivity contribution is 0.222. The van der Waals surface area contributed by atoms with E-state index in [0.29, 0.717) is 83.9 Å². The number of nitrogens with two attached hydrogens (primary N) is 1. The zero-order chi connectivity index (χ0) is 35.5. The maximum Gasteiger partial charge on any atom is 0.277 e. The number of hydrogen-bond acceptors (Lipinski definition) is 9. The normalized spacial score (nSPS) is 14.0. The van der Waals surface area contributed by atoms with Crippen molar-refractivity contribution < 1.29 is 17.5 Å². The molecule has 0 aliphatic carbocycles. The third kappa shape index (κ3) is 7.07. The third-order valence-corrected chi connectivity index (χ3v) is 10.3. The fraction of sp³-hybridized carbons (Fsp3) is 0.353. The number of anilines is 1. The summed E-state index contributed by atoms with van der Waals surface area (Å²) in [6, 6.07) is 13.1. The van der Waals surface area contributed by atoms with Crippen molar-refractivity contribution >= 4 is 26.9 Å². The predicted octanol–water partition coefficient (Wildman–Crippen LogP) is 4.19. The minimum atomic E-state index is -3.70. The maximum atomic E-state index is 13.6. The van der Waals surface area contributed by atoms with Crippen LogP contribution in [0.1, 0.15) is 37.1 Å². The summed E-state index contributed by atoms with van der Waals surface area (Å²) in [7, 11) is -0.00831. The number of sulfonamides is 1. The number of ether oxygens (including phenoxy) is 1. The first-order valence-electron chi connectivity index (χ1n) is 16.0. The molecule has 1 aliphatic rings. The van der Waals surface area contributed by atoms with Gasteiger partial charge < -0.3 is 25.3 Å². The van der Waals surface area contributed by atoms with Crippen LogP contribution in [0.3, 0.4) is 0 Å². The number of aromatic nitrogens is 5. The molecule has 6 rings (SSSR count). The van der Waals surface area contributed by atoms with E-state index in [9.17, 15) is 17.6 Å². The molecule has 0 radical (unpaired) electrons. The van der Waals surface area contributed by atoms with Crippen LogP contribution in [0.4, 0.5) is 10.2 Å². The Morgan fingerprint density at radius 2 is 1.78 bits per heavy atom. The van der Waals surface area contributed by atoms with Gasteiger partial charge in [0.05, 0.1) is 34.0 Å². The first kappa shape index (κ1) is 35.3. The summed E-state index contributed by atoms with van der Waals surface area (Å²) in [5.41, 5.74) is 9.42. The molecular formula is C34H40FN9O4S. The molecule has 4 heterocycles. The quantitative estimate of drug-likeness (QED) is 0.215. The Bertz CT molecular complexity index is 2190. The van der Waals surface area contributed by atoms with Crippen molar-refractivity contribution in [2.75, 3.05) is 45.6 Å². The summed E-state index contributed by atoms with van der Waals surface area (Å²) in [5.74, 6) is 0.657. The Morgan fingerprint density at radius 1 is 1.06 bits per heavy atom. The molecule has 0 spiro atoms. The Labute approximate surface area is 284 Å². The summed E-state index contributed by atoms with van der Waals surface area (Å²) < 4.78 is 49.0. The van der Waals surface area contributed by atoms with Crippen LogP contribution in [0.25, 0.3) is 33.7 Å². The van der Waals surface area contributed by atoms with Crippen LogP contribution in [0.15, 0.2) is 52.2 Å². The van der Waals surface area contributed by atoms with Crippen molar-refractivity contribution in [3.05, 3.63) is 75.5 Å². The lowest BCUT2D eigenvalue weighted by atomic mass is 10.1. The molecule has 49 heavy (non-hydrogen) atoms. The van der Waals surface area contributed by atoms with Crippen LogP contribution in [0, 0.1) is 24.1 Å². The Hall–Kier alpha value is -5.04. The Balaban J connectivity index is 0.000000244. The van der Waals surface area contributed by atoms with Crippen molar-refractivity contribution in [1.82, 2.24) is 33.9 Å². The van der Waals surface area contributed by atoms with Gasteiger partial charge in [0.25, 0.3) is 5.56 Å². The average Bonchev–Trinajstić information content (AvgIpc) is 3.55. The van der Waals surface area contributed by atoms with E-state index >= 15 is 0 Å². The van der Waals surface area contributed by atoms with Crippen LogP contribution in [-0.4, -0.2) is 82.2 Å². The third-order valence-electron chi connectivity index (χ3n) is 8.39. The summed E-state index contributed by atoms with van der Waals surface area (Å²) >= 11 is 0. The van der Waals surface area contributed by atoms with E-state index in [4.69, 9.17) is 20.7 Å². The number of nitriles is 1. The van der Waals surface area contributed by atoms with Gasteiger partial charge in [-0.2, -0.15) is 14.7 Å². The van der Waals surface area contributed by atoms with Crippen molar-refractivity contribution in [2.45, 2.75) is 38.5 Å². The van der Waals surface area contributed by atoms with Gasteiger partial charge in [-0.05, 0) is 63.2 Å². The molecule has 0 unspecified atom stereocenters. The Morgan fingerprint density at radius 3 is 2.41 bits per heavy atom. The second kappa shape index (κ2) is 14.6. The second-order valence-corrected chi connectivity index (χ2v) is 13.7. The molecule has 258 valence electrons. The standard InChI is InChI=1S/C22H30N6O4S.C12H10FN3/c1-5-7-17-19-20(27(4)25-17)22(29)24-21(23-19)16-14-15(8-9-18(16)32-6-2)33(30,31)28-12-10-26(3)11-13-28;1-7-9(6-14)12(15)16-11(7)8-4-2-3-5-10(8)13/h8-9,14H,5-7,10-13H2,1-4H3,(H,23,24,29);2-5,16H,15H2,1H3. The van der Waals surface area contributed by atoms with E-state index in [2.05, 4.69) is 20.0 Å². The molecule has 0 atom stereocenters. The zero-order valence-corrected chi connectivity index (χ0v) is 29.0. The fourth-order valence-electron chi connectivity index (χ4n) is 5.79. The molecule has 1 fully saturated rings. The van der Waals surface area contributed by atoms with Gasteiger partial charge >= 0.3 is 0 Å². The molecule has 0 amide bonds. The van der Waals surface area contributed by atoms with Crippen molar-refractivity contribution in [3.8, 4) is 34.5 Å². The summed E-state index contributed by atoms with van der Waals surface area (Å²) in [6.45, 7) is 8.22. The lowest BCUT2D eigenvalue weighted by Crippen LogP contribution is -2.47. The monoisotopic (exact) mass is 689 g/mol. The lowest BCUT2D eigenvalue weighted by Gasteiger charge is -2.31. The molecule has 0 saturated carbocycles. The van der Waals surface area contributed by atoms with E-state index in [1.165, 1.54) is 15.1 Å². The topological polar surface area (TPSA) is 179 Å². The minimum absolute atomic E-state index is 0.147. The fourth-order valence-corrected chi connectivity index (χ4v) is 7.24.